The number of carbonyl (C=O) groups excluding carboxylic acids is 1. The summed E-state index contributed by atoms with van der Waals surface area (Å²) in [6.45, 7) is 4.16. The first-order valence-corrected chi connectivity index (χ1v) is 10.3. The number of hydrogen-bond acceptors (Lipinski definition) is 6. The largest absolute Gasteiger partial charge is 0.381 e. The van der Waals surface area contributed by atoms with Gasteiger partial charge in [-0.05, 0) is 62.1 Å². The number of nitrogen functional groups attached to an aromatic ring is 1. The third-order valence-corrected chi connectivity index (χ3v) is 5.80. The van der Waals surface area contributed by atoms with Crippen LogP contribution in [0.15, 0.2) is 30.7 Å². The lowest BCUT2D eigenvalue weighted by Crippen LogP contribution is -2.27. The maximum absolute atomic E-state index is 12.3. The second-order valence-electron chi connectivity index (χ2n) is 8.30. The Balaban J connectivity index is 1.48. The summed E-state index contributed by atoms with van der Waals surface area (Å²) in [6, 6.07) is 4.64. The average molecular weight is 403 g/mol. The summed E-state index contributed by atoms with van der Waals surface area (Å²) in [7, 11) is 2.14. The molecule has 3 N–H and O–H groups in total. The number of fused-ring (bicyclic) bond motifs is 1. The molecule has 154 valence electrons. The second-order valence-corrected chi connectivity index (χ2v) is 8.30. The van der Waals surface area contributed by atoms with E-state index in [0.717, 1.165) is 43.6 Å². The van der Waals surface area contributed by atoms with Gasteiger partial charge in [-0.15, -0.1) is 0 Å². The maximum atomic E-state index is 12.3. The molecule has 8 nitrogen and oxygen atoms in total. The number of rotatable bonds is 4. The zero-order valence-corrected chi connectivity index (χ0v) is 17.2. The van der Waals surface area contributed by atoms with Gasteiger partial charge in [0.25, 0.3) is 5.91 Å². The minimum absolute atomic E-state index is 0.124. The van der Waals surface area contributed by atoms with Crippen LogP contribution in [0.4, 0.5) is 5.82 Å². The number of aryl methyl sites for hydroxylation is 1. The van der Waals surface area contributed by atoms with Gasteiger partial charge in [0.15, 0.2) is 11.6 Å². The van der Waals surface area contributed by atoms with E-state index < -0.39 is 0 Å². The van der Waals surface area contributed by atoms with E-state index in [2.05, 4.69) is 46.4 Å². The lowest BCUT2D eigenvalue weighted by molar-refractivity contribution is 0.0951. The van der Waals surface area contributed by atoms with Crippen molar-refractivity contribution >= 4 is 11.7 Å². The fraction of sp³-hybridized carbons (Fsp3) is 0.364. The minimum Gasteiger partial charge on any atom is -0.381 e. The van der Waals surface area contributed by atoms with Crippen LogP contribution in [0.1, 0.15) is 39.9 Å². The molecule has 0 atom stereocenters. The predicted molar refractivity (Wildman–Crippen MR) is 114 cm³/mol. The number of nitrogens with one attached hydrogen (secondary N) is 1. The maximum Gasteiger partial charge on any atom is 0.254 e. The van der Waals surface area contributed by atoms with Gasteiger partial charge < -0.3 is 16.0 Å². The number of anilines is 1. The van der Waals surface area contributed by atoms with Crippen LogP contribution in [0, 0.1) is 6.92 Å². The van der Waals surface area contributed by atoms with Crippen molar-refractivity contribution in [1.82, 2.24) is 30.0 Å². The highest BCUT2D eigenvalue weighted by Crippen LogP contribution is 2.29. The van der Waals surface area contributed by atoms with Gasteiger partial charge in [-0.25, -0.2) is 14.6 Å². The molecular weight excluding hydrogens is 378 g/mol. The first-order valence-electron chi connectivity index (χ1n) is 10.3. The molecule has 1 aromatic carbocycles. The minimum atomic E-state index is -0.124. The third-order valence-electron chi connectivity index (χ3n) is 5.80. The molecule has 8 heteroatoms. The van der Waals surface area contributed by atoms with E-state index in [9.17, 15) is 4.79 Å². The quantitative estimate of drug-likeness (QED) is 0.692. The van der Waals surface area contributed by atoms with Crippen LogP contribution in [-0.4, -0.2) is 50.2 Å². The van der Waals surface area contributed by atoms with E-state index in [1.54, 1.807) is 12.4 Å². The molecule has 1 aliphatic carbocycles. The first kappa shape index (κ1) is 18.7. The molecule has 0 saturated heterocycles. The zero-order chi connectivity index (χ0) is 20.8. The molecule has 1 aliphatic heterocycles. The fourth-order valence-electron chi connectivity index (χ4n) is 3.96. The summed E-state index contributed by atoms with van der Waals surface area (Å²) in [5.74, 6) is 0.566. The number of likely N-dealkylation sites (N-methyl/N-ethyl adjacent to an activating group) is 1. The Hall–Kier alpha value is -3.26. The Morgan fingerprint density at radius 2 is 2.10 bits per heavy atom. The molecule has 1 amide bonds. The van der Waals surface area contributed by atoms with Crippen LogP contribution in [0.5, 0.6) is 0 Å². The van der Waals surface area contributed by atoms with Crippen molar-refractivity contribution in [3.63, 3.8) is 0 Å². The number of amides is 1. The van der Waals surface area contributed by atoms with Gasteiger partial charge in [-0.1, -0.05) is 0 Å². The molecule has 0 radical (unpaired) electrons. The van der Waals surface area contributed by atoms with E-state index in [1.165, 1.54) is 27.6 Å². The zero-order valence-electron chi connectivity index (χ0n) is 17.2. The molecule has 1 saturated carbocycles. The summed E-state index contributed by atoms with van der Waals surface area (Å²) in [4.78, 5) is 23.7. The summed E-state index contributed by atoms with van der Waals surface area (Å²) in [5.41, 5.74) is 12.4. The van der Waals surface area contributed by atoms with Crippen LogP contribution in [0.2, 0.25) is 0 Å². The number of benzene rings is 1. The highest BCUT2D eigenvalue weighted by Gasteiger charge is 2.24. The first-order chi connectivity index (χ1) is 14.5. The number of hydrogen-bond donors (Lipinski definition) is 2. The van der Waals surface area contributed by atoms with Crippen LogP contribution in [0.25, 0.3) is 17.1 Å². The number of aromatic nitrogens is 4. The molecule has 2 aliphatic rings. The third kappa shape index (κ3) is 3.54. The molecule has 0 spiro atoms. The molecule has 1 fully saturated rings. The SMILES string of the molecule is Cc1cc(-c2cnc(N)c(-n3cc(C(=O)NC4CC4)cn3)n2)cc2c1CCN(C)C2. The van der Waals surface area contributed by atoms with Gasteiger partial charge >= 0.3 is 0 Å². The van der Waals surface area contributed by atoms with Gasteiger partial charge in [0.05, 0.1) is 23.7 Å². The highest BCUT2D eigenvalue weighted by molar-refractivity contribution is 5.94. The van der Waals surface area contributed by atoms with E-state index in [4.69, 9.17) is 10.7 Å². The monoisotopic (exact) mass is 403 g/mol. The smallest absolute Gasteiger partial charge is 0.254 e. The standard InChI is InChI=1S/C22H25N7O/c1-13-7-14(8-15-11-28(2)6-5-18(13)15)19-10-24-20(23)21(27-19)29-12-16(9-25-29)22(30)26-17-3-4-17/h7-10,12,17H,3-6,11H2,1-2H3,(H2,23,24)(H,26,30). The molecule has 0 unspecified atom stereocenters. The van der Waals surface area contributed by atoms with Crippen LogP contribution < -0.4 is 11.1 Å². The molecular formula is C22H25N7O. The van der Waals surface area contributed by atoms with Crippen molar-refractivity contribution in [3.05, 3.63) is 53.0 Å². The van der Waals surface area contributed by atoms with Crippen LogP contribution >= 0.6 is 0 Å². The summed E-state index contributed by atoms with van der Waals surface area (Å²) < 4.78 is 1.52. The van der Waals surface area contributed by atoms with Gasteiger partial charge in [0.2, 0.25) is 0 Å². The molecule has 0 bridgehead atoms. The lowest BCUT2D eigenvalue weighted by atomic mass is 9.92. The summed E-state index contributed by atoms with van der Waals surface area (Å²) in [5, 5.41) is 7.26. The van der Waals surface area contributed by atoms with Crippen molar-refractivity contribution in [2.45, 2.75) is 38.8 Å². The molecule has 5 rings (SSSR count). The van der Waals surface area contributed by atoms with Gasteiger partial charge in [0, 0.05) is 30.9 Å². The van der Waals surface area contributed by atoms with Crippen molar-refractivity contribution in [2.24, 2.45) is 0 Å². The molecule has 2 aromatic heterocycles. The molecule has 3 aromatic rings. The fourth-order valence-corrected chi connectivity index (χ4v) is 3.96. The van der Waals surface area contributed by atoms with Crippen molar-refractivity contribution in [1.29, 1.82) is 0 Å². The topological polar surface area (TPSA) is 102 Å². The Labute approximate surface area is 175 Å². The summed E-state index contributed by atoms with van der Waals surface area (Å²) in [6.07, 6.45) is 8.01. The number of nitrogens with two attached hydrogens (primary N) is 1. The van der Waals surface area contributed by atoms with Crippen LogP contribution in [-0.2, 0) is 13.0 Å². The van der Waals surface area contributed by atoms with E-state index in [0.29, 0.717) is 17.4 Å². The van der Waals surface area contributed by atoms with E-state index in [-0.39, 0.29) is 11.7 Å². The summed E-state index contributed by atoms with van der Waals surface area (Å²) >= 11 is 0. The average Bonchev–Trinajstić information content (AvgIpc) is 3.39. The van der Waals surface area contributed by atoms with Crippen molar-refractivity contribution < 1.29 is 4.79 Å². The Kier molecular flexibility index (Phi) is 4.51. The highest BCUT2D eigenvalue weighted by atomic mass is 16.1. The van der Waals surface area contributed by atoms with Gasteiger partial charge in [0.1, 0.15) is 0 Å². The normalized spacial score (nSPS) is 16.3. The van der Waals surface area contributed by atoms with Gasteiger partial charge in [-0.2, -0.15) is 5.10 Å². The Morgan fingerprint density at radius 1 is 1.27 bits per heavy atom. The van der Waals surface area contributed by atoms with E-state index >= 15 is 0 Å². The van der Waals surface area contributed by atoms with Crippen molar-refractivity contribution in [3.8, 4) is 17.1 Å². The van der Waals surface area contributed by atoms with Crippen LogP contribution in [0.3, 0.4) is 0 Å². The Bertz CT molecular complexity index is 1130. The second kappa shape index (κ2) is 7.21. The predicted octanol–water partition coefficient (Wildman–Crippen LogP) is 2.10. The Morgan fingerprint density at radius 3 is 2.90 bits per heavy atom. The lowest BCUT2D eigenvalue weighted by Gasteiger charge is -2.27. The molecule has 3 heterocycles. The van der Waals surface area contributed by atoms with Crippen molar-refractivity contribution in [2.75, 3.05) is 19.3 Å². The van der Waals surface area contributed by atoms with Gasteiger partial charge in [-0.3, -0.25) is 4.79 Å². The number of carbonyl (C=O) groups is 1. The molecule has 30 heavy (non-hydrogen) atoms. The van der Waals surface area contributed by atoms with E-state index in [1.807, 2.05) is 0 Å². The number of nitrogens with zero attached hydrogens (tertiary/aromatic N) is 5.